The van der Waals surface area contributed by atoms with Gasteiger partial charge in [0.05, 0.1) is 5.69 Å². The van der Waals surface area contributed by atoms with Crippen LogP contribution in [0, 0.1) is 0 Å². The first-order valence-electron chi connectivity index (χ1n) is 7.27. The third-order valence-corrected chi connectivity index (χ3v) is 3.34. The number of unbranched alkanes of at least 4 members (excludes halogenated alkanes) is 3. The predicted molar refractivity (Wildman–Crippen MR) is 78.9 cm³/mol. The summed E-state index contributed by atoms with van der Waals surface area (Å²) < 4.78 is 2.16. The highest BCUT2D eigenvalue weighted by Crippen LogP contribution is 2.26. The number of hydrogen-bond acceptors (Lipinski definition) is 2. The molecule has 0 radical (unpaired) electrons. The average molecular weight is 251 g/mol. The molecule has 0 saturated carbocycles. The molecule has 0 amide bonds. The van der Waals surface area contributed by atoms with Crippen LogP contribution in [0.4, 0.5) is 5.82 Å². The number of aromatic nitrogens is 2. The molecule has 0 bridgehead atoms. The van der Waals surface area contributed by atoms with Gasteiger partial charge in [0.2, 0.25) is 0 Å². The van der Waals surface area contributed by atoms with Crippen molar-refractivity contribution in [2.24, 2.45) is 0 Å². The van der Waals surface area contributed by atoms with Gasteiger partial charge >= 0.3 is 0 Å². The molecule has 1 rings (SSSR count). The molecule has 0 spiro atoms. The Morgan fingerprint density at radius 3 is 2.22 bits per heavy atom. The van der Waals surface area contributed by atoms with Crippen molar-refractivity contribution in [1.29, 1.82) is 0 Å². The largest absolute Gasteiger partial charge is 0.384 e. The van der Waals surface area contributed by atoms with Crippen LogP contribution in [0.1, 0.15) is 71.8 Å². The zero-order valence-electron chi connectivity index (χ0n) is 12.7. The van der Waals surface area contributed by atoms with Crippen LogP contribution in [0.3, 0.4) is 0 Å². The van der Waals surface area contributed by atoms with Crippen LogP contribution in [0.25, 0.3) is 0 Å². The first-order valence-corrected chi connectivity index (χ1v) is 7.27. The Balaban J connectivity index is 2.84. The fourth-order valence-electron chi connectivity index (χ4n) is 2.31. The smallest absolute Gasteiger partial charge is 0.126 e. The summed E-state index contributed by atoms with van der Waals surface area (Å²) in [7, 11) is 0. The normalized spacial score (nSPS) is 12.1. The SMILES string of the molecule is CCCCCCc1nc(C(C)(C)C)n(CC)c1N. The molecule has 1 aromatic rings. The summed E-state index contributed by atoms with van der Waals surface area (Å²) in [5, 5.41) is 0. The molecule has 0 aromatic carbocycles. The quantitative estimate of drug-likeness (QED) is 0.779. The van der Waals surface area contributed by atoms with E-state index in [2.05, 4.69) is 39.2 Å². The standard InChI is InChI=1S/C15H29N3/c1-6-8-9-10-11-12-13(16)18(7-2)14(17-12)15(3,4)5/h6-11,16H2,1-5H3. The minimum Gasteiger partial charge on any atom is -0.384 e. The van der Waals surface area contributed by atoms with Crippen molar-refractivity contribution in [3.63, 3.8) is 0 Å². The van der Waals surface area contributed by atoms with Crippen LogP contribution in [0.15, 0.2) is 0 Å². The molecule has 3 nitrogen and oxygen atoms in total. The third kappa shape index (κ3) is 3.50. The van der Waals surface area contributed by atoms with E-state index in [0.29, 0.717) is 0 Å². The molecular formula is C15H29N3. The minimum atomic E-state index is 0.0613. The molecule has 0 aliphatic carbocycles. The van der Waals surface area contributed by atoms with Crippen molar-refractivity contribution in [1.82, 2.24) is 9.55 Å². The Hall–Kier alpha value is -0.990. The number of rotatable bonds is 6. The van der Waals surface area contributed by atoms with E-state index < -0.39 is 0 Å². The van der Waals surface area contributed by atoms with Crippen LogP contribution in [-0.2, 0) is 18.4 Å². The van der Waals surface area contributed by atoms with Crippen LogP contribution < -0.4 is 5.73 Å². The van der Waals surface area contributed by atoms with Crippen molar-refractivity contribution in [2.75, 3.05) is 5.73 Å². The van der Waals surface area contributed by atoms with Gasteiger partial charge in [0, 0.05) is 12.0 Å². The Labute approximate surface area is 112 Å². The number of aryl methyl sites for hydroxylation is 1. The zero-order chi connectivity index (χ0) is 13.8. The molecule has 1 aromatic heterocycles. The van der Waals surface area contributed by atoms with Crippen LogP contribution in [0.5, 0.6) is 0 Å². The molecule has 0 unspecified atom stereocenters. The Morgan fingerprint density at radius 1 is 1.11 bits per heavy atom. The van der Waals surface area contributed by atoms with Gasteiger partial charge in [-0.1, -0.05) is 47.0 Å². The van der Waals surface area contributed by atoms with Crippen LogP contribution in [0.2, 0.25) is 0 Å². The van der Waals surface area contributed by atoms with Crippen molar-refractivity contribution >= 4 is 5.82 Å². The molecular weight excluding hydrogens is 222 g/mol. The second-order valence-corrected chi connectivity index (χ2v) is 6.07. The molecule has 0 aliphatic heterocycles. The van der Waals surface area contributed by atoms with E-state index in [1.165, 1.54) is 25.7 Å². The summed E-state index contributed by atoms with van der Waals surface area (Å²) in [6.45, 7) is 11.9. The van der Waals surface area contributed by atoms with E-state index in [0.717, 1.165) is 30.3 Å². The lowest BCUT2D eigenvalue weighted by molar-refractivity contribution is 0.508. The molecule has 18 heavy (non-hydrogen) atoms. The number of nitrogens with two attached hydrogens (primary N) is 1. The summed E-state index contributed by atoms with van der Waals surface area (Å²) in [5.74, 6) is 1.99. The number of nitrogen functional groups attached to an aromatic ring is 1. The summed E-state index contributed by atoms with van der Waals surface area (Å²) in [6.07, 6.45) is 6.07. The molecule has 2 N–H and O–H groups in total. The van der Waals surface area contributed by atoms with Crippen molar-refractivity contribution < 1.29 is 0 Å². The molecule has 1 heterocycles. The van der Waals surface area contributed by atoms with Gasteiger partial charge in [0.15, 0.2) is 0 Å². The van der Waals surface area contributed by atoms with E-state index >= 15 is 0 Å². The average Bonchev–Trinajstić information content (AvgIpc) is 2.61. The van der Waals surface area contributed by atoms with Gasteiger partial charge in [-0.15, -0.1) is 0 Å². The second-order valence-electron chi connectivity index (χ2n) is 6.07. The Kier molecular flexibility index (Phi) is 5.24. The fraction of sp³-hybridized carbons (Fsp3) is 0.800. The van der Waals surface area contributed by atoms with Gasteiger partial charge in [-0.2, -0.15) is 0 Å². The topological polar surface area (TPSA) is 43.8 Å². The monoisotopic (exact) mass is 251 g/mol. The zero-order valence-corrected chi connectivity index (χ0v) is 12.7. The van der Waals surface area contributed by atoms with Gasteiger partial charge in [-0.05, 0) is 19.8 Å². The molecule has 0 fully saturated rings. The number of imidazole rings is 1. The summed E-state index contributed by atoms with van der Waals surface area (Å²) in [4.78, 5) is 4.79. The molecule has 0 saturated heterocycles. The first-order chi connectivity index (χ1) is 8.41. The van der Waals surface area contributed by atoms with Gasteiger partial charge in [-0.3, -0.25) is 0 Å². The van der Waals surface area contributed by atoms with E-state index in [-0.39, 0.29) is 5.41 Å². The third-order valence-electron chi connectivity index (χ3n) is 3.34. The first kappa shape index (κ1) is 15.1. The minimum absolute atomic E-state index is 0.0613. The fourth-order valence-corrected chi connectivity index (χ4v) is 2.31. The highest BCUT2D eigenvalue weighted by Gasteiger charge is 2.23. The number of hydrogen-bond donors (Lipinski definition) is 1. The summed E-state index contributed by atoms with van der Waals surface area (Å²) in [5.41, 5.74) is 7.38. The van der Waals surface area contributed by atoms with Crippen molar-refractivity contribution in [3.05, 3.63) is 11.5 Å². The van der Waals surface area contributed by atoms with Gasteiger partial charge in [-0.25, -0.2) is 4.98 Å². The number of anilines is 1. The van der Waals surface area contributed by atoms with Crippen molar-refractivity contribution in [2.45, 2.75) is 78.7 Å². The van der Waals surface area contributed by atoms with E-state index in [1.807, 2.05) is 0 Å². The van der Waals surface area contributed by atoms with Crippen molar-refractivity contribution in [3.8, 4) is 0 Å². The molecule has 3 heteroatoms. The predicted octanol–water partition coefficient (Wildman–Crippen LogP) is 3.91. The van der Waals surface area contributed by atoms with E-state index in [1.54, 1.807) is 0 Å². The van der Waals surface area contributed by atoms with E-state index in [4.69, 9.17) is 10.7 Å². The molecule has 104 valence electrons. The lowest BCUT2D eigenvalue weighted by Gasteiger charge is -2.19. The molecule has 0 aliphatic rings. The maximum atomic E-state index is 6.23. The van der Waals surface area contributed by atoms with Crippen LogP contribution in [-0.4, -0.2) is 9.55 Å². The van der Waals surface area contributed by atoms with Crippen LogP contribution >= 0.6 is 0 Å². The summed E-state index contributed by atoms with van der Waals surface area (Å²) in [6, 6.07) is 0. The van der Waals surface area contributed by atoms with Gasteiger partial charge < -0.3 is 10.3 Å². The maximum Gasteiger partial charge on any atom is 0.126 e. The lowest BCUT2D eigenvalue weighted by atomic mass is 9.95. The van der Waals surface area contributed by atoms with Gasteiger partial charge in [0.1, 0.15) is 11.6 Å². The van der Waals surface area contributed by atoms with E-state index in [9.17, 15) is 0 Å². The Bertz CT molecular complexity index is 372. The lowest BCUT2D eigenvalue weighted by Crippen LogP contribution is -2.19. The highest BCUT2D eigenvalue weighted by molar-refractivity contribution is 5.39. The molecule has 0 atom stereocenters. The summed E-state index contributed by atoms with van der Waals surface area (Å²) >= 11 is 0. The number of nitrogens with zero attached hydrogens (tertiary/aromatic N) is 2. The second kappa shape index (κ2) is 6.26. The highest BCUT2D eigenvalue weighted by atomic mass is 15.1. The Morgan fingerprint density at radius 2 is 1.78 bits per heavy atom. The van der Waals surface area contributed by atoms with Gasteiger partial charge in [0.25, 0.3) is 0 Å². The maximum absolute atomic E-state index is 6.23.